The molecule has 1 unspecified atom stereocenters. The van der Waals surface area contributed by atoms with Gasteiger partial charge in [0.15, 0.2) is 0 Å². The first kappa shape index (κ1) is 14.2. The summed E-state index contributed by atoms with van der Waals surface area (Å²) in [4.78, 5) is 22.0. The van der Waals surface area contributed by atoms with Crippen molar-refractivity contribution in [3.8, 4) is 0 Å². The summed E-state index contributed by atoms with van der Waals surface area (Å²) in [6, 6.07) is -0.761. The van der Waals surface area contributed by atoms with Gasteiger partial charge in [-0.05, 0) is 25.4 Å². The Labute approximate surface area is 94.3 Å². The Balaban J connectivity index is 3.85. The van der Waals surface area contributed by atoms with Crippen LogP contribution in [0.25, 0.3) is 0 Å². The number of rotatable bonds is 7. The number of amides is 2. The first-order valence-corrected chi connectivity index (χ1v) is 6.20. The van der Waals surface area contributed by atoms with Gasteiger partial charge in [-0.1, -0.05) is 0 Å². The van der Waals surface area contributed by atoms with Crippen LogP contribution in [0, 0.1) is 0 Å². The molecule has 0 aliphatic rings. The summed E-state index contributed by atoms with van der Waals surface area (Å²) >= 11 is 1.64. The summed E-state index contributed by atoms with van der Waals surface area (Å²) in [5.74, 6) is 0.192. The SMILES string of the molecule is CSCC[C@@H](N)C(=O)NC(C)CC(N)=O. The number of carbonyl (C=O) groups excluding carboxylic acids is 2. The highest BCUT2D eigenvalue weighted by Crippen LogP contribution is 1.99. The van der Waals surface area contributed by atoms with Gasteiger partial charge < -0.3 is 16.8 Å². The molecule has 0 rings (SSSR count). The minimum atomic E-state index is -0.507. The predicted molar refractivity (Wildman–Crippen MR) is 62.4 cm³/mol. The monoisotopic (exact) mass is 233 g/mol. The molecule has 2 atom stereocenters. The maximum atomic E-state index is 11.4. The molecule has 5 N–H and O–H groups in total. The molecule has 0 radical (unpaired) electrons. The Morgan fingerprint density at radius 1 is 1.47 bits per heavy atom. The second-order valence-electron chi connectivity index (χ2n) is 3.47. The van der Waals surface area contributed by atoms with Crippen LogP contribution < -0.4 is 16.8 Å². The summed E-state index contributed by atoms with van der Waals surface area (Å²) in [5, 5.41) is 2.65. The smallest absolute Gasteiger partial charge is 0.237 e. The van der Waals surface area contributed by atoms with Crippen LogP contribution in [0.3, 0.4) is 0 Å². The van der Waals surface area contributed by atoms with Gasteiger partial charge in [0.1, 0.15) is 0 Å². The van der Waals surface area contributed by atoms with Crippen molar-refractivity contribution >= 4 is 23.6 Å². The Kier molecular flexibility index (Phi) is 7.15. The summed E-state index contributed by atoms with van der Waals surface area (Å²) < 4.78 is 0. The van der Waals surface area contributed by atoms with Crippen LogP contribution >= 0.6 is 11.8 Å². The highest BCUT2D eigenvalue weighted by atomic mass is 32.2. The van der Waals surface area contributed by atoms with Crippen molar-refractivity contribution in [3.05, 3.63) is 0 Å². The van der Waals surface area contributed by atoms with Crippen molar-refractivity contribution in [2.24, 2.45) is 11.5 Å². The number of nitrogens with one attached hydrogen (secondary N) is 1. The van der Waals surface area contributed by atoms with Gasteiger partial charge in [-0.3, -0.25) is 9.59 Å². The van der Waals surface area contributed by atoms with E-state index >= 15 is 0 Å². The lowest BCUT2D eigenvalue weighted by Gasteiger charge is -2.16. The number of thioether (sulfide) groups is 1. The summed E-state index contributed by atoms with van der Waals surface area (Å²) in [6.07, 6.45) is 2.73. The molecule has 0 heterocycles. The third-order valence-corrected chi connectivity index (χ3v) is 2.51. The minimum absolute atomic E-state index is 0.140. The van der Waals surface area contributed by atoms with Crippen LogP contribution in [-0.4, -0.2) is 35.9 Å². The van der Waals surface area contributed by atoms with E-state index in [9.17, 15) is 9.59 Å². The van der Waals surface area contributed by atoms with Crippen LogP contribution in [0.2, 0.25) is 0 Å². The lowest BCUT2D eigenvalue weighted by Crippen LogP contribution is -2.45. The van der Waals surface area contributed by atoms with Crippen LogP contribution in [-0.2, 0) is 9.59 Å². The summed E-state index contributed by atoms with van der Waals surface area (Å²) in [5.41, 5.74) is 10.6. The Morgan fingerprint density at radius 3 is 2.53 bits per heavy atom. The minimum Gasteiger partial charge on any atom is -0.370 e. The van der Waals surface area contributed by atoms with Crippen LogP contribution in [0.1, 0.15) is 19.8 Å². The van der Waals surface area contributed by atoms with Gasteiger partial charge in [-0.2, -0.15) is 11.8 Å². The fraction of sp³-hybridized carbons (Fsp3) is 0.778. The van der Waals surface area contributed by atoms with Crippen LogP contribution in [0.4, 0.5) is 0 Å². The van der Waals surface area contributed by atoms with Crippen molar-refractivity contribution < 1.29 is 9.59 Å². The molecule has 0 aromatic rings. The first-order valence-electron chi connectivity index (χ1n) is 4.80. The quantitative estimate of drug-likeness (QED) is 0.549. The number of carbonyl (C=O) groups is 2. The highest BCUT2D eigenvalue weighted by molar-refractivity contribution is 7.98. The molecule has 0 aromatic carbocycles. The van der Waals surface area contributed by atoms with E-state index in [1.807, 2.05) is 6.26 Å². The third kappa shape index (κ3) is 7.21. The fourth-order valence-corrected chi connectivity index (χ4v) is 1.57. The Morgan fingerprint density at radius 2 is 2.07 bits per heavy atom. The third-order valence-electron chi connectivity index (χ3n) is 1.87. The molecule has 0 fully saturated rings. The lowest BCUT2D eigenvalue weighted by molar-refractivity contribution is -0.123. The van der Waals surface area contributed by atoms with Gasteiger partial charge in [0.2, 0.25) is 11.8 Å². The van der Waals surface area contributed by atoms with E-state index in [1.165, 1.54) is 0 Å². The average molecular weight is 233 g/mol. The van der Waals surface area contributed by atoms with Crippen molar-refractivity contribution in [2.45, 2.75) is 31.8 Å². The molecule has 0 bridgehead atoms. The van der Waals surface area contributed by atoms with Gasteiger partial charge in [-0.25, -0.2) is 0 Å². The summed E-state index contributed by atoms with van der Waals surface area (Å²) in [6.45, 7) is 1.73. The van der Waals surface area contributed by atoms with Gasteiger partial charge in [-0.15, -0.1) is 0 Å². The molecule has 6 heteroatoms. The average Bonchev–Trinajstić information content (AvgIpc) is 2.12. The number of hydrogen-bond donors (Lipinski definition) is 3. The van der Waals surface area contributed by atoms with Crippen LogP contribution in [0.5, 0.6) is 0 Å². The number of primary amides is 1. The van der Waals surface area contributed by atoms with Crippen molar-refractivity contribution in [1.29, 1.82) is 0 Å². The number of hydrogen-bond acceptors (Lipinski definition) is 4. The molecule has 15 heavy (non-hydrogen) atoms. The first-order chi connectivity index (χ1) is 6.97. The molecule has 0 saturated carbocycles. The second kappa shape index (κ2) is 7.53. The molecule has 5 nitrogen and oxygen atoms in total. The van der Waals surface area contributed by atoms with E-state index in [1.54, 1.807) is 18.7 Å². The molecular formula is C9H19N3O2S. The largest absolute Gasteiger partial charge is 0.370 e. The normalized spacial score (nSPS) is 14.3. The molecule has 0 aromatic heterocycles. The molecule has 2 amide bonds. The second-order valence-corrected chi connectivity index (χ2v) is 4.45. The topological polar surface area (TPSA) is 98.2 Å². The highest BCUT2D eigenvalue weighted by Gasteiger charge is 2.15. The Bertz CT molecular complexity index is 223. The van der Waals surface area contributed by atoms with E-state index in [2.05, 4.69) is 5.32 Å². The maximum absolute atomic E-state index is 11.4. The molecule has 0 saturated heterocycles. The van der Waals surface area contributed by atoms with E-state index in [0.29, 0.717) is 6.42 Å². The zero-order valence-corrected chi connectivity index (χ0v) is 9.97. The standard InChI is InChI=1S/C9H19N3O2S/c1-6(5-8(11)13)12-9(14)7(10)3-4-15-2/h6-7H,3-5,10H2,1-2H3,(H2,11,13)(H,12,14)/t6?,7-/m1/s1. The molecule has 0 aliphatic heterocycles. The fourth-order valence-electron chi connectivity index (χ4n) is 1.08. The van der Waals surface area contributed by atoms with Crippen molar-refractivity contribution in [2.75, 3.05) is 12.0 Å². The van der Waals surface area contributed by atoms with E-state index in [-0.39, 0.29) is 18.4 Å². The molecular weight excluding hydrogens is 214 g/mol. The Hall–Kier alpha value is -0.750. The van der Waals surface area contributed by atoms with Gasteiger partial charge in [0.25, 0.3) is 0 Å². The zero-order chi connectivity index (χ0) is 11.8. The molecule has 0 aliphatic carbocycles. The van der Waals surface area contributed by atoms with Gasteiger partial charge in [0.05, 0.1) is 6.04 Å². The molecule has 0 spiro atoms. The summed E-state index contributed by atoms with van der Waals surface area (Å²) in [7, 11) is 0. The zero-order valence-electron chi connectivity index (χ0n) is 9.16. The van der Waals surface area contributed by atoms with Gasteiger partial charge >= 0.3 is 0 Å². The molecule has 88 valence electrons. The van der Waals surface area contributed by atoms with Crippen molar-refractivity contribution in [3.63, 3.8) is 0 Å². The van der Waals surface area contributed by atoms with Crippen LogP contribution in [0.15, 0.2) is 0 Å². The lowest BCUT2D eigenvalue weighted by atomic mass is 10.2. The van der Waals surface area contributed by atoms with Crippen molar-refractivity contribution in [1.82, 2.24) is 5.32 Å². The number of nitrogens with two attached hydrogens (primary N) is 2. The van der Waals surface area contributed by atoms with E-state index < -0.39 is 11.9 Å². The van der Waals surface area contributed by atoms with Gasteiger partial charge in [0, 0.05) is 12.5 Å². The van der Waals surface area contributed by atoms with E-state index in [4.69, 9.17) is 11.5 Å². The maximum Gasteiger partial charge on any atom is 0.237 e. The predicted octanol–water partition coefficient (Wildman–Crippen LogP) is -0.553. The van der Waals surface area contributed by atoms with E-state index in [0.717, 1.165) is 5.75 Å².